The van der Waals surface area contributed by atoms with Gasteiger partial charge in [-0.2, -0.15) is 0 Å². The Morgan fingerprint density at radius 3 is 2.67 bits per heavy atom. The zero-order chi connectivity index (χ0) is 9.56. The Kier molecular flexibility index (Phi) is 5.37. The van der Waals surface area contributed by atoms with Gasteiger partial charge in [0.2, 0.25) is 0 Å². The normalized spacial score (nSPS) is 12.7. The van der Waals surface area contributed by atoms with Crippen LogP contribution in [0.1, 0.15) is 26.7 Å². The van der Waals surface area contributed by atoms with E-state index in [-0.39, 0.29) is 18.5 Å². The molecule has 0 aliphatic rings. The first-order valence-electron chi connectivity index (χ1n) is 4.04. The van der Waals surface area contributed by atoms with Gasteiger partial charge < -0.3 is 9.84 Å². The second kappa shape index (κ2) is 5.77. The van der Waals surface area contributed by atoms with Gasteiger partial charge in [-0.05, 0) is 20.3 Å². The van der Waals surface area contributed by atoms with Crippen LogP contribution in [0.4, 0.5) is 0 Å². The van der Waals surface area contributed by atoms with Crippen molar-refractivity contribution in [2.45, 2.75) is 38.9 Å². The third-order valence-electron chi connectivity index (χ3n) is 1.21. The fourth-order valence-electron chi connectivity index (χ4n) is 0.779. The van der Waals surface area contributed by atoms with Gasteiger partial charge in [0.15, 0.2) is 0 Å². The van der Waals surface area contributed by atoms with Gasteiger partial charge in [0.1, 0.15) is 0 Å². The van der Waals surface area contributed by atoms with Gasteiger partial charge in [-0.15, -0.1) is 6.58 Å². The Labute approximate surface area is 73.0 Å². The van der Waals surface area contributed by atoms with Crippen LogP contribution >= 0.6 is 0 Å². The Balaban J connectivity index is 3.61. The van der Waals surface area contributed by atoms with E-state index in [1.807, 2.05) is 0 Å². The quantitative estimate of drug-likeness (QED) is 0.501. The molecule has 1 atom stereocenters. The van der Waals surface area contributed by atoms with Gasteiger partial charge in [-0.3, -0.25) is 4.79 Å². The molecule has 0 aliphatic carbocycles. The molecule has 12 heavy (non-hydrogen) atoms. The van der Waals surface area contributed by atoms with Crippen molar-refractivity contribution in [3.8, 4) is 0 Å². The van der Waals surface area contributed by atoms with Crippen LogP contribution in [0.3, 0.4) is 0 Å². The standard InChI is InChI=1S/C9H16O3/c1-4-5-8(10)6-9(11)12-7(2)3/h4,7-8,10H,1,5-6H2,2-3H3/t8-/m1/s1. The van der Waals surface area contributed by atoms with Crippen molar-refractivity contribution in [2.24, 2.45) is 0 Å². The van der Waals surface area contributed by atoms with E-state index in [0.717, 1.165) is 0 Å². The number of aliphatic hydroxyl groups is 1. The summed E-state index contributed by atoms with van der Waals surface area (Å²) in [6.07, 6.45) is 1.27. The van der Waals surface area contributed by atoms with Gasteiger partial charge in [-0.25, -0.2) is 0 Å². The van der Waals surface area contributed by atoms with Crippen LogP contribution < -0.4 is 0 Å². The molecule has 3 heteroatoms. The van der Waals surface area contributed by atoms with E-state index < -0.39 is 6.10 Å². The summed E-state index contributed by atoms with van der Waals surface area (Å²) in [4.78, 5) is 10.9. The molecular weight excluding hydrogens is 156 g/mol. The first kappa shape index (κ1) is 11.2. The largest absolute Gasteiger partial charge is 0.463 e. The van der Waals surface area contributed by atoms with Gasteiger partial charge in [0, 0.05) is 0 Å². The number of rotatable bonds is 5. The van der Waals surface area contributed by atoms with Crippen molar-refractivity contribution < 1.29 is 14.6 Å². The summed E-state index contributed by atoms with van der Waals surface area (Å²) < 4.78 is 4.83. The van der Waals surface area contributed by atoms with Crippen molar-refractivity contribution in [1.82, 2.24) is 0 Å². The van der Waals surface area contributed by atoms with Gasteiger partial charge >= 0.3 is 5.97 Å². The Morgan fingerprint density at radius 2 is 2.25 bits per heavy atom. The van der Waals surface area contributed by atoms with Crippen LogP contribution in [0.25, 0.3) is 0 Å². The van der Waals surface area contributed by atoms with Gasteiger partial charge in [-0.1, -0.05) is 6.08 Å². The zero-order valence-corrected chi connectivity index (χ0v) is 7.62. The van der Waals surface area contributed by atoms with Crippen LogP contribution in [0.15, 0.2) is 12.7 Å². The third-order valence-corrected chi connectivity index (χ3v) is 1.21. The minimum atomic E-state index is -0.659. The molecule has 0 fully saturated rings. The van der Waals surface area contributed by atoms with Crippen LogP contribution in [-0.4, -0.2) is 23.3 Å². The number of ether oxygens (including phenoxy) is 1. The number of carbonyl (C=O) groups is 1. The maximum absolute atomic E-state index is 10.9. The molecule has 70 valence electrons. The smallest absolute Gasteiger partial charge is 0.308 e. The Bertz CT molecular complexity index is 152. The molecule has 0 saturated heterocycles. The average Bonchev–Trinajstić information content (AvgIpc) is 1.84. The van der Waals surface area contributed by atoms with Gasteiger partial charge in [0.05, 0.1) is 18.6 Å². The van der Waals surface area contributed by atoms with Crippen LogP contribution in [-0.2, 0) is 9.53 Å². The van der Waals surface area contributed by atoms with E-state index in [4.69, 9.17) is 9.84 Å². The number of hydrogen-bond acceptors (Lipinski definition) is 3. The SMILES string of the molecule is C=CC[C@@H](O)CC(=O)OC(C)C. The second-order valence-electron chi connectivity index (χ2n) is 2.92. The van der Waals surface area contributed by atoms with Gasteiger partial charge in [0.25, 0.3) is 0 Å². The fourth-order valence-corrected chi connectivity index (χ4v) is 0.779. The van der Waals surface area contributed by atoms with Crippen LogP contribution in [0, 0.1) is 0 Å². The molecule has 0 heterocycles. The first-order valence-corrected chi connectivity index (χ1v) is 4.04. The highest BCUT2D eigenvalue weighted by Crippen LogP contribution is 2.01. The molecule has 0 spiro atoms. The Morgan fingerprint density at radius 1 is 1.67 bits per heavy atom. The van der Waals surface area contributed by atoms with Crippen molar-refractivity contribution in [3.05, 3.63) is 12.7 Å². The van der Waals surface area contributed by atoms with E-state index in [0.29, 0.717) is 6.42 Å². The van der Waals surface area contributed by atoms with E-state index in [1.54, 1.807) is 19.9 Å². The topological polar surface area (TPSA) is 46.5 Å². The lowest BCUT2D eigenvalue weighted by molar-refractivity contribution is -0.149. The lowest BCUT2D eigenvalue weighted by Gasteiger charge is -2.10. The molecule has 0 aromatic carbocycles. The summed E-state index contributed by atoms with van der Waals surface area (Å²) in [7, 11) is 0. The number of hydrogen-bond donors (Lipinski definition) is 1. The number of esters is 1. The molecule has 3 nitrogen and oxygen atoms in total. The molecule has 0 amide bonds. The molecule has 0 aliphatic heterocycles. The zero-order valence-electron chi connectivity index (χ0n) is 7.62. The second-order valence-corrected chi connectivity index (χ2v) is 2.92. The summed E-state index contributed by atoms with van der Waals surface area (Å²) in [6.45, 7) is 7.01. The Hall–Kier alpha value is -0.830. The van der Waals surface area contributed by atoms with Crippen molar-refractivity contribution in [2.75, 3.05) is 0 Å². The fraction of sp³-hybridized carbons (Fsp3) is 0.667. The summed E-state index contributed by atoms with van der Waals surface area (Å²) in [5, 5.41) is 9.16. The minimum Gasteiger partial charge on any atom is -0.463 e. The highest BCUT2D eigenvalue weighted by Gasteiger charge is 2.11. The minimum absolute atomic E-state index is 0.0458. The third kappa shape index (κ3) is 5.92. The van der Waals surface area contributed by atoms with E-state index >= 15 is 0 Å². The summed E-state index contributed by atoms with van der Waals surface area (Å²) >= 11 is 0. The highest BCUT2D eigenvalue weighted by molar-refractivity contribution is 5.70. The molecule has 0 rings (SSSR count). The first-order chi connectivity index (χ1) is 5.56. The average molecular weight is 172 g/mol. The predicted molar refractivity (Wildman–Crippen MR) is 46.7 cm³/mol. The number of carbonyl (C=O) groups excluding carboxylic acids is 1. The van der Waals surface area contributed by atoms with E-state index in [2.05, 4.69) is 6.58 Å². The van der Waals surface area contributed by atoms with E-state index in [9.17, 15) is 4.79 Å². The number of aliphatic hydroxyl groups excluding tert-OH is 1. The van der Waals surface area contributed by atoms with Crippen LogP contribution in [0.2, 0.25) is 0 Å². The summed E-state index contributed by atoms with van der Waals surface area (Å²) in [5.41, 5.74) is 0. The van der Waals surface area contributed by atoms with E-state index in [1.165, 1.54) is 0 Å². The molecular formula is C9H16O3. The maximum Gasteiger partial charge on any atom is 0.308 e. The summed E-state index contributed by atoms with van der Waals surface area (Å²) in [6, 6.07) is 0. The molecule has 0 aromatic rings. The lowest BCUT2D eigenvalue weighted by atomic mass is 10.2. The monoisotopic (exact) mass is 172 g/mol. The lowest BCUT2D eigenvalue weighted by Crippen LogP contribution is -2.18. The van der Waals surface area contributed by atoms with Crippen molar-refractivity contribution in [1.29, 1.82) is 0 Å². The maximum atomic E-state index is 10.9. The molecule has 1 N–H and O–H groups in total. The molecule has 0 radical (unpaired) electrons. The predicted octanol–water partition coefficient (Wildman–Crippen LogP) is 1.27. The molecule has 0 aromatic heterocycles. The van der Waals surface area contributed by atoms with Crippen LogP contribution in [0.5, 0.6) is 0 Å². The summed E-state index contributed by atoms with van der Waals surface area (Å²) in [5.74, 6) is -0.362. The van der Waals surface area contributed by atoms with Crippen molar-refractivity contribution in [3.63, 3.8) is 0 Å². The van der Waals surface area contributed by atoms with Crippen molar-refractivity contribution >= 4 is 5.97 Å². The highest BCUT2D eigenvalue weighted by atomic mass is 16.5. The molecule has 0 saturated carbocycles. The molecule has 0 bridgehead atoms. The molecule has 0 unspecified atom stereocenters.